The molecule has 6 heteroatoms. The summed E-state index contributed by atoms with van der Waals surface area (Å²) < 4.78 is 29.0. The van der Waals surface area contributed by atoms with Crippen LogP contribution in [0, 0.1) is 11.8 Å². The molecule has 0 bridgehead atoms. The summed E-state index contributed by atoms with van der Waals surface area (Å²) >= 11 is 0. The van der Waals surface area contributed by atoms with Gasteiger partial charge in [0.1, 0.15) is 0 Å². The van der Waals surface area contributed by atoms with Crippen molar-refractivity contribution in [3.8, 4) is 0 Å². The third-order valence-corrected chi connectivity index (χ3v) is 5.07. The average Bonchev–Trinajstić information content (AvgIpc) is 2.38. The van der Waals surface area contributed by atoms with Gasteiger partial charge in [0.05, 0.1) is 0 Å². The number of rotatable bonds is 4. The van der Waals surface area contributed by atoms with Crippen LogP contribution in [0.4, 0.5) is 11.4 Å². The summed E-state index contributed by atoms with van der Waals surface area (Å²) in [6.07, 6.45) is 1.09. The van der Waals surface area contributed by atoms with E-state index in [1.165, 1.54) is 0 Å². The van der Waals surface area contributed by atoms with E-state index in [1.54, 1.807) is 16.4 Å². The van der Waals surface area contributed by atoms with Crippen molar-refractivity contribution in [2.45, 2.75) is 20.3 Å². The molecule has 1 fully saturated rings. The Kier molecular flexibility index (Phi) is 4.55. The van der Waals surface area contributed by atoms with Gasteiger partial charge >= 0.3 is 10.2 Å². The first-order valence-electron chi connectivity index (χ1n) is 6.96. The van der Waals surface area contributed by atoms with Crippen LogP contribution in [0.3, 0.4) is 0 Å². The molecule has 20 heavy (non-hydrogen) atoms. The molecule has 0 spiro atoms. The molecule has 0 aliphatic carbocycles. The zero-order chi connectivity index (χ0) is 14.8. The summed E-state index contributed by atoms with van der Waals surface area (Å²) in [6, 6.07) is 7.22. The molecule has 1 aromatic rings. The lowest BCUT2D eigenvalue weighted by Crippen LogP contribution is -2.45. The van der Waals surface area contributed by atoms with Crippen LogP contribution >= 0.6 is 0 Å². The smallest absolute Gasteiger partial charge is 0.301 e. The fourth-order valence-corrected chi connectivity index (χ4v) is 4.18. The topological polar surface area (TPSA) is 61.4 Å². The first-order chi connectivity index (χ1) is 9.40. The van der Waals surface area contributed by atoms with E-state index >= 15 is 0 Å². The molecule has 0 amide bonds. The van der Waals surface area contributed by atoms with Gasteiger partial charge in [0.15, 0.2) is 0 Å². The second kappa shape index (κ2) is 6.01. The number of anilines is 2. The molecule has 1 aliphatic rings. The van der Waals surface area contributed by atoms with Gasteiger partial charge in [-0.05, 0) is 42.5 Å². The van der Waals surface area contributed by atoms with Crippen molar-refractivity contribution in [3.05, 3.63) is 24.3 Å². The summed E-state index contributed by atoms with van der Waals surface area (Å²) in [7, 11) is -1.63. The number of piperidine rings is 1. The fraction of sp³-hybridized carbons (Fsp3) is 0.571. The van der Waals surface area contributed by atoms with Gasteiger partial charge in [-0.25, -0.2) is 0 Å². The maximum absolute atomic E-state index is 12.4. The lowest BCUT2D eigenvalue weighted by atomic mass is 9.94. The Labute approximate surface area is 121 Å². The molecular weight excluding hydrogens is 274 g/mol. The van der Waals surface area contributed by atoms with Crippen LogP contribution in [0.15, 0.2) is 24.3 Å². The molecule has 5 nitrogen and oxygen atoms in total. The maximum Gasteiger partial charge on any atom is 0.301 e. The average molecular weight is 297 g/mol. The third kappa shape index (κ3) is 3.64. The summed E-state index contributed by atoms with van der Waals surface area (Å²) in [6.45, 7) is 5.38. The number of nitrogens with zero attached hydrogens (tertiary/aromatic N) is 1. The van der Waals surface area contributed by atoms with Crippen molar-refractivity contribution in [3.63, 3.8) is 0 Å². The zero-order valence-corrected chi connectivity index (χ0v) is 13.1. The van der Waals surface area contributed by atoms with Gasteiger partial charge in [-0.15, -0.1) is 0 Å². The number of benzene rings is 1. The van der Waals surface area contributed by atoms with Gasteiger partial charge in [-0.2, -0.15) is 12.7 Å². The molecule has 0 saturated carbocycles. The van der Waals surface area contributed by atoms with Crippen LogP contribution in [0.5, 0.6) is 0 Å². The minimum Gasteiger partial charge on any atom is -0.388 e. The molecule has 1 aliphatic heterocycles. The molecular formula is C14H23N3O2S. The van der Waals surface area contributed by atoms with E-state index in [2.05, 4.69) is 23.9 Å². The van der Waals surface area contributed by atoms with Crippen molar-refractivity contribution in [1.82, 2.24) is 4.31 Å². The largest absolute Gasteiger partial charge is 0.388 e. The molecule has 1 heterocycles. The molecule has 2 rings (SSSR count). The molecule has 1 saturated heterocycles. The van der Waals surface area contributed by atoms with Crippen molar-refractivity contribution in [2.24, 2.45) is 11.8 Å². The van der Waals surface area contributed by atoms with Crippen LogP contribution in [0.25, 0.3) is 0 Å². The van der Waals surface area contributed by atoms with Crippen molar-refractivity contribution < 1.29 is 8.42 Å². The van der Waals surface area contributed by atoms with Crippen LogP contribution in [0.2, 0.25) is 0 Å². The van der Waals surface area contributed by atoms with Crippen LogP contribution in [0.1, 0.15) is 20.3 Å². The number of hydrogen-bond donors (Lipinski definition) is 2. The summed E-state index contributed by atoms with van der Waals surface area (Å²) in [5, 5.41) is 3.00. The van der Waals surface area contributed by atoms with Crippen molar-refractivity contribution in [1.29, 1.82) is 0 Å². The van der Waals surface area contributed by atoms with Crippen molar-refractivity contribution in [2.75, 3.05) is 30.2 Å². The standard InChI is InChI=1S/C14H23N3O2S/c1-11-8-12(2)10-17(9-11)20(18,19)16-14-6-4-13(15-3)5-7-14/h4-7,11-12,15-16H,8-10H2,1-3H3. The zero-order valence-electron chi connectivity index (χ0n) is 12.3. The summed E-state index contributed by atoms with van der Waals surface area (Å²) in [5.41, 5.74) is 1.54. The van der Waals surface area contributed by atoms with E-state index in [-0.39, 0.29) is 0 Å². The summed E-state index contributed by atoms with van der Waals surface area (Å²) in [4.78, 5) is 0. The molecule has 0 radical (unpaired) electrons. The van der Waals surface area contributed by atoms with Gasteiger partial charge in [-0.1, -0.05) is 13.8 Å². The van der Waals surface area contributed by atoms with Gasteiger partial charge < -0.3 is 5.32 Å². The quantitative estimate of drug-likeness (QED) is 0.897. The Balaban J connectivity index is 2.09. The van der Waals surface area contributed by atoms with E-state index in [1.807, 2.05) is 19.2 Å². The second-order valence-corrected chi connectivity index (χ2v) is 7.37. The third-order valence-electron chi connectivity index (χ3n) is 3.60. The van der Waals surface area contributed by atoms with Crippen molar-refractivity contribution >= 4 is 21.6 Å². The van der Waals surface area contributed by atoms with Gasteiger partial charge in [0, 0.05) is 31.5 Å². The highest BCUT2D eigenvalue weighted by atomic mass is 32.2. The Morgan fingerprint density at radius 1 is 1.05 bits per heavy atom. The van der Waals surface area contributed by atoms with Gasteiger partial charge in [0.25, 0.3) is 0 Å². The predicted molar refractivity (Wildman–Crippen MR) is 83.0 cm³/mol. The Morgan fingerprint density at radius 3 is 2.05 bits per heavy atom. The lowest BCUT2D eigenvalue weighted by Gasteiger charge is -2.34. The predicted octanol–water partition coefficient (Wildman–Crippen LogP) is 2.36. The molecule has 0 aromatic heterocycles. The normalized spacial score (nSPS) is 24.4. The number of hydrogen-bond acceptors (Lipinski definition) is 3. The van der Waals surface area contributed by atoms with E-state index in [0.717, 1.165) is 12.1 Å². The SMILES string of the molecule is CNc1ccc(NS(=O)(=O)N2CC(C)CC(C)C2)cc1. The van der Waals surface area contributed by atoms with Crippen LogP contribution in [-0.2, 0) is 10.2 Å². The van der Waals surface area contributed by atoms with E-state index in [4.69, 9.17) is 0 Å². The molecule has 2 unspecified atom stereocenters. The van der Waals surface area contributed by atoms with E-state index in [0.29, 0.717) is 30.6 Å². The van der Waals surface area contributed by atoms with E-state index < -0.39 is 10.2 Å². The lowest BCUT2D eigenvalue weighted by molar-refractivity contribution is 0.223. The second-order valence-electron chi connectivity index (χ2n) is 5.70. The highest BCUT2D eigenvalue weighted by molar-refractivity contribution is 7.90. The molecule has 112 valence electrons. The Morgan fingerprint density at radius 2 is 1.55 bits per heavy atom. The molecule has 1 aromatic carbocycles. The van der Waals surface area contributed by atoms with E-state index in [9.17, 15) is 8.42 Å². The molecule has 2 atom stereocenters. The first kappa shape index (κ1) is 15.1. The van der Waals surface area contributed by atoms with Crippen LogP contribution < -0.4 is 10.0 Å². The first-order valence-corrected chi connectivity index (χ1v) is 8.40. The Bertz CT molecular complexity index is 532. The highest BCUT2D eigenvalue weighted by Crippen LogP contribution is 2.24. The minimum atomic E-state index is -3.46. The van der Waals surface area contributed by atoms with Crippen LogP contribution in [-0.4, -0.2) is 32.9 Å². The maximum atomic E-state index is 12.4. The summed E-state index contributed by atoms with van der Waals surface area (Å²) in [5.74, 6) is 0.809. The Hall–Kier alpha value is -1.27. The minimum absolute atomic E-state index is 0.405. The fourth-order valence-electron chi connectivity index (χ4n) is 2.72. The van der Waals surface area contributed by atoms with Gasteiger partial charge in [-0.3, -0.25) is 4.72 Å². The molecule has 2 N–H and O–H groups in total. The highest BCUT2D eigenvalue weighted by Gasteiger charge is 2.30. The number of nitrogens with one attached hydrogen (secondary N) is 2. The monoisotopic (exact) mass is 297 g/mol. The van der Waals surface area contributed by atoms with Gasteiger partial charge in [0.2, 0.25) is 0 Å².